The fourth-order valence-corrected chi connectivity index (χ4v) is 3.04. The molecule has 1 aromatic carbocycles. The highest BCUT2D eigenvalue weighted by Crippen LogP contribution is 2.22. The van der Waals surface area contributed by atoms with Gasteiger partial charge in [-0.15, -0.1) is 0 Å². The number of carbonyl (C=O) groups excluding carboxylic acids is 1. The molecule has 0 aromatic heterocycles. The monoisotopic (exact) mass is 336 g/mol. The van der Waals surface area contributed by atoms with Gasteiger partial charge >= 0.3 is 5.97 Å². The van der Waals surface area contributed by atoms with Gasteiger partial charge in [-0.05, 0) is 12.1 Å². The Morgan fingerprint density at radius 3 is 2.65 bits per heavy atom. The average molecular weight is 337 g/mol. The molecule has 0 atom stereocenters. The van der Waals surface area contributed by atoms with Crippen LogP contribution in [0.2, 0.25) is 5.02 Å². The zero-order valence-electron chi connectivity index (χ0n) is 10.6. The minimum atomic E-state index is -3.81. The van der Waals surface area contributed by atoms with E-state index in [1.807, 2.05) is 0 Å². The van der Waals surface area contributed by atoms with Crippen molar-refractivity contribution >= 4 is 44.8 Å². The van der Waals surface area contributed by atoms with E-state index in [0.717, 1.165) is 0 Å². The van der Waals surface area contributed by atoms with Crippen molar-refractivity contribution in [2.24, 2.45) is 5.73 Å². The van der Waals surface area contributed by atoms with Crippen molar-refractivity contribution in [1.29, 1.82) is 0 Å². The van der Waals surface area contributed by atoms with E-state index in [4.69, 9.17) is 29.6 Å². The van der Waals surface area contributed by atoms with Crippen LogP contribution in [-0.2, 0) is 19.6 Å². The summed E-state index contributed by atoms with van der Waals surface area (Å²) in [6.45, 7) is -0.0810. The first-order valence-corrected chi connectivity index (χ1v) is 7.70. The summed E-state index contributed by atoms with van der Waals surface area (Å²) < 4.78 is 30.6. The maximum atomic E-state index is 12.0. The highest BCUT2D eigenvalue weighted by Gasteiger charge is 2.18. The van der Waals surface area contributed by atoms with Crippen LogP contribution in [0.25, 0.3) is 0 Å². The second-order valence-corrected chi connectivity index (χ2v) is 6.32. The fraction of sp³-hybridized carbons (Fsp3) is 0.273. The van der Waals surface area contributed by atoms with E-state index in [1.54, 1.807) is 0 Å². The molecule has 0 saturated carbocycles. The number of esters is 1. The minimum absolute atomic E-state index is 0.000804. The molecule has 0 spiro atoms. The molecule has 0 radical (unpaired) electrons. The summed E-state index contributed by atoms with van der Waals surface area (Å²) in [5, 5.41) is 0.000804. The molecule has 110 valence electrons. The third-order valence-corrected chi connectivity index (χ3v) is 4.53. The second kappa shape index (κ2) is 6.98. The Bertz CT molecular complexity index is 631. The number of thiocarbonyl (C=S) groups is 1. The van der Waals surface area contributed by atoms with Crippen molar-refractivity contribution in [2.75, 3.05) is 13.7 Å². The van der Waals surface area contributed by atoms with Crippen molar-refractivity contribution < 1.29 is 17.9 Å². The van der Waals surface area contributed by atoms with E-state index in [1.165, 1.54) is 25.3 Å². The lowest BCUT2D eigenvalue weighted by atomic mass is 10.2. The summed E-state index contributed by atoms with van der Waals surface area (Å²) >= 11 is 10.7. The van der Waals surface area contributed by atoms with E-state index in [-0.39, 0.29) is 27.9 Å². The molecule has 0 fully saturated rings. The number of hydrogen-bond acceptors (Lipinski definition) is 5. The maximum Gasteiger partial charge on any atom is 0.306 e. The minimum Gasteiger partial charge on any atom is -0.469 e. The summed E-state index contributed by atoms with van der Waals surface area (Å²) in [6, 6.07) is 4.14. The lowest BCUT2D eigenvalue weighted by Crippen LogP contribution is -2.27. The summed E-state index contributed by atoms with van der Waals surface area (Å²) in [6.07, 6.45) is -0.0711. The number of carbonyl (C=O) groups is 1. The molecule has 0 bridgehead atoms. The number of nitrogens with two attached hydrogens (primary N) is 1. The summed E-state index contributed by atoms with van der Waals surface area (Å²) in [7, 11) is -2.59. The highest BCUT2D eigenvalue weighted by molar-refractivity contribution is 7.89. The molecule has 0 heterocycles. The first-order valence-electron chi connectivity index (χ1n) is 5.44. The summed E-state index contributed by atoms with van der Waals surface area (Å²) in [4.78, 5) is 10.9. The van der Waals surface area contributed by atoms with Crippen molar-refractivity contribution in [2.45, 2.75) is 11.3 Å². The molecule has 0 aliphatic heterocycles. The van der Waals surface area contributed by atoms with E-state index in [2.05, 4.69) is 9.46 Å². The van der Waals surface area contributed by atoms with E-state index in [0.29, 0.717) is 5.56 Å². The third kappa shape index (κ3) is 4.41. The molecule has 0 saturated heterocycles. The van der Waals surface area contributed by atoms with Gasteiger partial charge in [-0.25, -0.2) is 13.1 Å². The lowest BCUT2D eigenvalue weighted by molar-refractivity contribution is -0.140. The van der Waals surface area contributed by atoms with Crippen LogP contribution in [0.15, 0.2) is 23.1 Å². The van der Waals surface area contributed by atoms with Crippen molar-refractivity contribution in [3.8, 4) is 0 Å². The van der Waals surface area contributed by atoms with Gasteiger partial charge in [-0.1, -0.05) is 29.9 Å². The second-order valence-electron chi connectivity index (χ2n) is 3.73. The van der Waals surface area contributed by atoms with Crippen LogP contribution in [0.1, 0.15) is 12.0 Å². The molecule has 0 aliphatic rings. The predicted molar refractivity (Wildman–Crippen MR) is 79.2 cm³/mol. The number of hydrogen-bond donors (Lipinski definition) is 2. The largest absolute Gasteiger partial charge is 0.469 e. The molecule has 0 unspecified atom stereocenters. The number of rotatable bonds is 6. The molecule has 1 aromatic rings. The highest BCUT2D eigenvalue weighted by atomic mass is 35.5. The molecule has 9 heteroatoms. The Labute approximate surface area is 127 Å². The van der Waals surface area contributed by atoms with Crippen molar-refractivity contribution in [3.63, 3.8) is 0 Å². The van der Waals surface area contributed by atoms with Gasteiger partial charge in [0.05, 0.1) is 18.6 Å². The summed E-state index contributed by atoms with van der Waals surface area (Å²) in [5.74, 6) is -0.511. The Balaban J connectivity index is 2.87. The van der Waals surface area contributed by atoms with Crippen molar-refractivity contribution in [1.82, 2.24) is 4.72 Å². The smallest absolute Gasteiger partial charge is 0.306 e. The molecular weight excluding hydrogens is 324 g/mol. The number of sulfonamides is 1. The molecule has 20 heavy (non-hydrogen) atoms. The van der Waals surface area contributed by atoms with Gasteiger partial charge in [0.2, 0.25) is 10.0 Å². The van der Waals surface area contributed by atoms with Crippen LogP contribution in [-0.4, -0.2) is 33.0 Å². The number of nitrogens with one attached hydrogen (secondary N) is 1. The number of halogens is 1. The van der Waals surface area contributed by atoms with Crippen LogP contribution in [0, 0.1) is 0 Å². The van der Waals surface area contributed by atoms with Gasteiger partial charge in [-0.2, -0.15) is 0 Å². The Morgan fingerprint density at radius 1 is 1.50 bits per heavy atom. The SMILES string of the molecule is COC(=O)CCNS(=O)(=O)c1ccc(C(N)=S)cc1Cl. The van der Waals surface area contributed by atoms with Gasteiger partial charge in [0, 0.05) is 12.1 Å². The summed E-state index contributed by atoms with van der Waals surface area (Å²) in [5.41, 5.74) is 5.90. The van der Waals surface area contributed by atoms with Crippen molar-refractivity contribution in [3.05, 3.63) is 28.8 Å². The van der Waals surface area contributed by atoms with Crippen LogP contribution >= 0.6 is 23.8 Å². The topological polar surface area (TPSA) is 98.5 Å². The van der Waals surface area contributed by atoms with Crippen LogP contribution in [0.5, 0.6) is 0 Å². The fourth-order valence-electron chi connectivity index (χ4n) is 1.34. The molecule has 3 N–H and O–H groups in total. The normalized spacial score (nSPS) is 11.1. The Kier molecular flexibility index (Phi) is 5.88. The molecule has 0 amide bonds. The van der Waals surface area contributed by atoms with Crippen LogP contribution in [0.4, 0.5) is 0 Å². The molecule has 1 rings (SSSR count). The molecule has 0 aliphatic carbocycles. The number of methoxy groups -OCH3 is 1. The van der Waals surface area contributed by atoms with Gasteiger partial charge in [0.15, 0.2) is 0 Å². The van der Waals surface area contributed by atoms with Gasteiger partial charge in [0.1, 0.15) is 9.88 Å². The van der Waals surface area contributed by atoms with Crippen LogP contribution in [0.3, 0.4) is 0 Å². The van der Waals surface area contributed by atoms with Gasteiger partial charge in [-0.3, -0.25) is 4.79 Å². The molecular formula is C11H13ClN2O4S2. The zero-order chi connectivity index (χ0) is 15.3. The first kappa shape index (κ1) is 16.8. The maximum absolute atomic E-state index is 12.0. The number of benzene rings is 1. The van der Waals surface area contributed by atoms with Gasteiger partial charge in [0.25, 0.3) is 0 Å². The predicted octanol–water partition coefficient (Wildman–Crippen LogP) is 0.816. The first-order chi connectivity index (χ1) is 9.27. The van der Waals surface area contributed by atoms with Gasteiger partial charge < -0.3 is 10.5 Å². The molecule has 6 nitrogen and oxygen atoms in total. The van der Waals surface area contributed by atoms with E-state index < -0.39 is 16.0 Å². The zero-order valence-corrected chi connectivity index (χ0v) is 12.9. The van der Waals surface area contributed by atoms with E-state index >= 15 is 0 Å². The average Bonchev–Trinajstić information content (AvgIpc) is 2.37. The Hall–Kier alpha value is -1.22. The third-order valence-electron chi connectivity index (χ3n) is 2.35. The quantitative estimate of drug-likeness (QED) is 0.589. The van der Waals surface area contributed by atoms with E-state index in [9.17, 15) is 13.2 Å². The van der Waals surface area contributed by atoms with Crippen LogP contribution < -0.4 is 10.5 Å². The lowest BCUT2D eigenvalue weighted by Gasteiger charge is -2.09. The number of ether oxygens (including phenoxy) is 1. The standard InChI is InChI=1S/C11H13ClN2O4S2/c1-18-10(15)4-5-14-20(16,17)9-3-2-7(11(13)19)6-8(9)12/h2-3,6,14H,4-5H2,1H3,(H2,13,19). The Morgan fingerprint density at radius 2 is 2.15 bits per heavy atom.